The largest absolute Gasteiger partial charge is 0.253 e. The lowest BCUT2D eigenvalue weighted by Gasteiger charge is -2.03. The smallest absolute Gasteiger partial charge is 0.0464 e. The van der Waals surface area contributed by atoms with E-state index in [-0.39, 0.29) is 0 Å². The minimum absolute atomic E-state index is 0.648. The molecule has 1 aliphatic heterocycles. The zero-order valence-electron chi connectivity index (χ0n) is 4.59. The van der Waals surface area contributed by atoms with Crippen LogP contribution in [-0.2, 0) is 0 Å². The molecule has 1 aliphatic carbocycles. The summed E-state index contributed by atoms with van der Waals surface area (Å²) < 4.78 is 0. The first-order chi connectivity index (χ1) is 3.97. The molecule has 2 rings (SSSR count). The highest BCUT2D eigenvalue weighted by molar-refractivity contribution is 5.11. The average Bonchev–Trinajstić information content (AvgIpc) is 2.15. The standard InChI is InChI=1S/C6H9N2/c1-2-5-4-7-8-6(5)3-1/h1-2,4-8H,3H2. The van der Waals surface area contributed by atoms with Crippen molar-refractivity contribution in [2.45, 2.75) is 12.5 Å². The van der Waals surface area contributed by atoms with E-state index in [0.29, 0.717) is 12.0 Å². The van der Waals surface area contributed by atoms with Gasteiger partial charge in [-0.15, -0.1) is 0 Å². The predicted octanol–water partition coefficient (Wildman–Crippen LogP) is 0.201. The summed E-state index contributed by atoms with van der Waals surface area (Å²) in [5, 5.41) is 0. The minimum atomic E-state index is 0.648. The van der Waals surface area contributed by atoms with Crippen molar-refractivity contribution in [3.63, 3.8) is 0 Å². The van der Waals surface area contributed by atoms with Gasteiger partial charge in [0.25, 0.3) is 0 Å². The molecule has 0 aromatic heterocycles. The lowest BCUT2D eigenvalue weighted by atomic mass is 10.1. The van der Waals surface area contributed by atoms with Gasteiger partial charge in [-0.2, -0.15) is 0 Å². The van der Waals surface area contributed by atoms with Crippen LogP contribution < -0.4 is 10.9 Å². The van der Waals surface area contributed by atoms with Crippen LogP contribution in [0.1, 0.15) is 6.42 Å². The maximum absolute atomic E-state index is 3.15. The molecule has 2 heteroatoms. The molecule has 2 N–H and O–H groups in total. The van der Waals surface area contributed by atoms with Crippen molar-refractivity contribution < 1.29 is 0 Å². The van der Waals surface area contributed by atoms with E-state index < -0.39 is 0 Å². The van der Waals surface area contributed by atoms with Gasteiger partial charge in [0.05, 0.1) is 0 Å². The summed E-state index contributed by atoms with van der Waals surface area (Å²) >= 11 is 0. The van der Waals surface area contributed by atoms with E-state index in [1.54, 1.807) is 0 Å². The summed E-state index contributed by atoms with van der Waals surface area (Å²) in [7, 11) is 0. The number of nitrogens with one attached hydrogen (secondary N) is 2. The third kappa shape index (κ3) is 0.501. The van der Waals surface area contributed by atoms with Gasteiger partial charge in [0, 0.05) is 18.5 Å². The van der Waals surface area contributed by atoms with Crippen LogP contribution in [0.2, 0.25) is 0 Å². The molecule has 8 heavy (non-hydrogen) atoms. The van der Waals surface area contributed by atoms with Gasteiger partial charge >= 0.3 is 0 Å². The lowest BCUT2D eigenvalue weighted by Crippen LogP contribution is -2.28. The molecule has 0 aromatic rings. The molecule has 43 valence electrons. The van der Waals surface area contributed by atoms with Gasteiger partial charge in [-0.3, -0.25) is 10.9 Å². The van der Waals surface area contributed by atoms with Crippen LogP contribution in [-0.4, -0.2) is 6.04 Å². The second-order valence-corrected chi connectivity index (χ2v) is 2.30. The van der Waals surface area contributed by atoms with Crippen molar-refractivity contribution in [3.8, 4) is 0 Å². The second kappa shape index (κ2) is 1.57. The Hall–Kier alpha value is -0.340. The van der Waals surface area contributed by atoms with Crippen LogP contribution in [0.15, 0.2) is 12.2 Å². The van der Waals surface area contributed by atoms with Gasteiger partial charge in [-0.1, -0.05) is 12.2 Å². The Kier molecular flexibility index (Phi) is 0.889. The summed E-state index contributed by atoms with van der Waals surface area (Å²) in [5.41, 5.74) is 6.15. The first-order valence-electron chi connectivity index (χ1n) is 2.98. The molecular formula is C6H9N2. The fourth-order valence-electron chi connectivity index (χ4n) is 1.25. The van der Waals surface area contributed by atoms with E-state index in [0.717, 1.165) is 0 Å². The molecule has 1 heterocycles. The molecule has 1 saturated heterocycles. The fourth-order valence-corrected chi connectivity index (χ4v) is 1.25. The molecule has 0 aromatic carbocycles. The first-order valence-corrected chi connectivity index (χ1v) is 2.98. The highest BCUT2D eigenvalue weighted by Gasteiger charge is 2.26. The maximum Gasteiger partial charge on any atom is 0.0464 e. The van der Waals surface area contributed by atoms with Crippen molar-refractivity contribution in [2.24, 2.45) is 5.92 Å². The molecule has 2 aliphatic rings. The highest BCUT2D eigenvalue weighted by Crippen LogP contribution is 2.22. The first kappa shape index (κ1) is 4.53. The summed E-state index contributed by atoms with van der Waals surface area (Å²) in [6.07, 6.45) is 5.63. The van der Waals surface area contributed by atoms with Crippen LogP contribution in [0.3, 0.4) is 0 Å². The highest BCUT2D eigenvalue weighted by atomic mass is 15.4. The van der Waals surface area contributed by atoms with Crippen LogP contribution in [0.4, 0.5) is 0 Å². The predicted molar refractivity (Wildman–Crippen MR) is 31.6 cm³/mol. The molecule has 0 saturated carbocycles. The quantitative estimate of drug-likeness (QED) is 0.434. The van der Waals surface area contributed by atoms with Crippen LogP contribution in [0.25, 0.3) is 0 Å². The molecule has 0 spiro atoms. The number of fused-ring (bicyclic) bond motifs is 1. The van der Waals surface area contributed by atoms with Crippen molar-refractivity contribution in [2.75, 3.05) is 0 Å². The number of rotatable bonds is 0. The summed E-state index contributed by atoms with van der Waals surface area (Å²) in [4.78, 5) is 0. The van der Waals surface area contributed by atoms with Gasteiger partial charge in [0.1, 0.15) is 0 Å². The lowest BCUT2D eigenvalue weighted by molar-refractivity contribution is 0.542. The molecule has 2 atom stereocenters. The molecule has 2 nitrogen and oxygen atoms in total. The average molecular weight is 109 g/mol. The van der Waals surface area contributed by atoms with Crippen molar-refractivity contribution >= 4 is 0 Å². The third-order valence-corrected chi connectivity index (χ3v) is 1.76. The van der Waals surface area contributed by atoms with Crippen molar-refractivity contribution in [3.05, 3.63) is 18.7 Å². The fraction of sp³-hybridized carbons (Fsp3) is 0.500. The molecule has 2 unspecified atom stereocenters. The summed E-state index contributed by atoms with van der Waals surface area (Å²) in [6, 6.07) is 0.648. The van der Waals surface area contributed by atoms with Crippen LogP contribution >= 0.6 is 0 Å². The minimum Gasteiger partial charge on any atom is -0.253 e. The molecule has 0 amide bonds. The number of hydrogen-bond acceptors (Lipinski definition) is 2. The normalized spacial score (nSPS) is 43.0. The van der Waals surface area contributed by atoms with Gasteiger partial charge in [-0.25, -0.2) is 0 Å². The Labute approximate surface area is 48.9 Å². The second-order valence-electron chi connectivity index (χ2n) is 2.30. The van der Waals surface area contributed by atoms with E-state index in [2.05, 4.69) is 29.5 Å². The molecule has 0 bridgehead atoms. The Morgan fingerprint density at radius 2 is 2.50 bits per heavy atom. The third-order valence-electron chi connectivity index (χ3n) is 1.76. The van der Waals surface area contributed by atoms with E-state index in [1.807, 2.05) is 0 Å². The van der Waals surface area contributed by atoms with Crippen molar-refractivity contribution in [1.29, 1.82) is 0 Å². The summed E-state index contributed by atoms with van der Waals surface area (Å²) in [5.74, 6) is 0.648. The van der Waals surface area contributed by atoms with E-state index >= 15 is 0 Å². The van der Waals surface area contributed by atoms with E-state index in [1.165, 1.54) is 6.42 Å². The Bertz CT molecular complexity index is 120. The molecule has 1 fully saturated rings. The number of hydrogen-bond donors (Lipinski definition) is 2. The van der Waals surface area contributed by atoms with Crippen LogP contribution in [0, 0.1) is 12.5 Å². The Morgan fingerprint density at radius 3 is 3.38 bits per heavy atom. The Morgan fingerprint density at radius 1 is 1.50 bits per heavy atom. The zero-order chi connectivity index (χ0) is 5.40. The monoisotopic (exact) mass is 109 g/mol. The number of hydrazine groups is 1. The Balaban J connectivity index is 2.13. The maximum atomic E-state index is 3.15. The van der Waals surface area contributed by atoms with Crippen LogP contribution in [0.5, 0.6) is 0 Å². The van der Waals surface area contributed by atoms with E-state index in [9.17, 15) is 0 Å². The molecular weight excluding hydrogens is 100 g/mol. The van der Waals surface area contributed by atoms with Gasteiger partial charge in [0.2, 0.25) is 0 Å². The molecule has 1 radical (unpaired) electrons. The van der Waals surface area contributed by atoms with Gasteiger partial charge in [0.15, 0.2) is 0 Å². The summed E-state index contributed by atoms with van der Waals surface area (Å²) in [6.45, 7) is 2.09. The topological polar surface area (TPSA) is 24.1 Å². The van der Waals surface area contributed by atoms with Gasteiger partial charge < -0.3 is 0 Å². The zero-order valence-corrected chi connectivity index (χ0v) is 4.59. The van der Waals surface area contributed by atoms with Gasteiger partial charge in [-0.05, 0) is 6.42 Å². The SMILES string of the molecule is [CH]1NNC2CC=CC12. The van der Waals surface area contributed by atoms with E-state index in [4.69, 9.17) is 0 Å². The van der Waals surface area contributed by atoms with Crippen molar-refractivity contribution in [1.82, 2.24) is 10.9 Å².